The predicted molar refractivity (Wildman–Crippen MR) is 70.0 cm³/mol. The fourth-order valence-electron chi connectivity index (χ4n) is 1.70. The lowest BCUT2D eigenvalue weighted by Gasteiger charge is -2.08. The Bertz CT molecular complexity index is 532. The summed E-state index contributed by atoms with van der Waals surface area (Å²) in [5.74, 6) is 0. The van der Waals surface area contributed by atoms with Crippen molar-refractivity contribution >= 4 is 11.3 Å². The summed E-state index contributed by atoms with van der Waals surface area (Å²) in [6.07, 6.45) is -4.17. The Morgan fingerprint density at radius 2 is 1.89 bits per heavy atom. The molecule has 1 aromatic heterocycles. The van der Waals surface area contributed by atoms with Crippen molar-refractivity contribution < 1.29 is 13.2 Å². The first-order valence-electron chi connectivity index (χ1n) is 5.72. The largest absolute Gasteiger partial charge is 0.401 e. The van der Waals surface area contributed by atoms with Crippen molar-refractivity contribution in [3.05, 3.63) is 41.0 Å². The van der Waals surface area contributed by atoms with Crippen LogP contribution >= 0.6 is 11.3 Å². The van der Waals surface area contributed by atoms with Crippen LogP contribution in [-0.2, 0) is 6.54 Å². The molecule has 1 aromatic carbocycles. The Morgan fingerprint density at radius 3 is 2.42 bits per heavy atom. The van der Waals surface area contributed by atoms with Crippen LogP contribution < -0.4 is 5.32 Å². The van der Waals surface area contributed by atoms with Crippen molar-refractivity contribution in [2.75, 3.05) is 6.54 Å². The third-order valence-electron chi connectivity index (χ3n) is 2.62. The maximum Gasteiger partial charge on any atom is 0.401 e. The maximum absolute atomic E-state index is 12.0. The molecule has 19 heavy (non-hydrogen) atoms. The van der Waals surface area contributed by atoms with Crippen LogP contribution in [0.3, 0.4) is 0 Å². The van der Waals surface area contributed by atoms with Crippen LogP contribution in [0.15, 0.2) is 29.8 Å². The summed E-state index contributed by atoms with van der Waals surface area (Å²) in [5, 5.41) is 2.37. The number of alkyl halides is 3. The van der Waals surface area contributed by atoms with Crippen molar-refractivity contribution in [2.45, 2.75) is 19.6 Å². The first-order valence-corrected chi connectivity index (χ1v) is 6.60. The number of aromatic nitrogens is 1. The number of hydrogen-bond donors (Lipinski definition) is 1. The number of rotatable bonds is 4. The van der Waals surface area contributed by atoms with Crippen LogP contribution in [0, 0.1) is 6.92 Å². The van der Waals surface area contributed by atoms with Gasteiger partial charge in [-0.15, -0.1) is 11.3 Å². The first-order chi connectivity index (χ1) is 8.96. The molecule has 0 aliphatic rings. The molecule has 0 aliphatic heterocycles. The van der Waals surface area contributed by atoms with Gasteiger partial charge in [0, 0.05) is 6.54 Å². The minimum Gasteiger partial charge on any atom is -0.305 e. The van der Waals surface area contributed by atoms with Crippen molar-refractivity contribution in [1.82, 2.24) is 10.3 Å². The van der Waals surface area contributed by atoms with Crippen molar-refractivity contribution in [3.8, 4) is 10.4 Å². The van der Waals surface area contributed by atoms with Crippen LogP contribution in [0.5, 0.6) is 0 Å². The van der Waals surface area contributed by atoms with Gasteiger partial charge in [-0.1, -0.05) is 24.3 Å². The zero-order valence-corrected chi connectivity index (χ0v) is 11.1. The van der Waals surface area contributed by atoms with E-state index in [2.05, 4.69) is 10.3 Å². The van der Waals surface area contributed by atoms with Crippen LogP contribution in [0.4, 0.5) is 13.2 Å². The van der Waals surface area contributed by atoms with Gasteiger partial charge in [0.2, 0.25) is 0 Å². The topological polar surface area (TPSA) is 24.9 Å². The number of nitrogens with one attached hydrogen (secondary N) is 1. The van der Waals surface area contributed by atoms with Crippen molar-refractivity contribution in [2.24, 2.45) is 0 Å². The Labute approximate surface area is 113 Å². The van der Waals surface area contributed by atoms with Crippen LogP contribution in [0.25, 0.3) is 10.4 Å². The molecule has 1 heterocycles. The Hall–Kier alpha value is -1.40. The SMILES string of the molecule is Cc1ncsc1-c1ccc(CNCC(F)(F)F)cc1. The fourth-order valence-corrected chi connectivity index (χ4v) is 2.51. The van der Waals surface area contributed by atoms with E-state index in [0.29, 0.717) is 0 Å². The molecule has 0 saturated carbocycles. The molecule has 0 saturated heterocycles. The molecule has 0 amide bonds. The van der Waals surface area contributed by atoms with E-state index in [9.17, 15) is 13.2 Å². The van der Waals surface area contributed by atoms with E-state index < -0.39 is 12.7 Å². The van der Waals surface area contributed by atoms with Gasteiger partial charge in [0.05, 0.1) is 22.6 Å². The second-order valence-electron chi connectivity index (χ2n) is 4.18. The summed E-state index contributed by atoms with van der Waals surface area (Å²) in [4.78, 5) is 5.27. The normalized spacial score (nSPS) is 11.8. The minimum absolute atomic E-state index is 0.210. The highest BCUT2D eigenvalue weighted by atomic mass is 32.1. The standard InChI is InChI=1S/C13H13F3N2S/c1-9-12(19-8-18-9)11-4-2-10(3-5-11)6-17-7-13(14,15)16/h2-5,8,17H,6-7H2,1H3. The third kappa shape index (κ3) is 4.04. The predicted octanol–water partition coefficient (Wildman–Crippen LogP) is 3.77. The molecule has 2 aromatic rings. The number of halogens is 3. The Balaban J connectivity index is 1.98. The molecule has 102 valence electrons. The summed E-state index contributed by atoms with van der Waals surface area (Å²) in [5.41, 5.74) is 4.62. The highest BCUT2D eigenvalue weighted by Gasteiger charge is 2.25. The zero-order valence-electron chi connectivity index (χ0n) is 10.3. The number of benzene rings is 1. The molecule has 0 fully saturated rings. The number of hydrogen-bond acceptors (Lipinski definition) is 3. The number of thiazole rings is 1. The number of nitrogens with zero attached hydrogens (tertiary/aromatic N) is 1. The van der Waals surface area contributed by atoms with Crippen molar-refractivity contribution in [1.29, 1.82) is 0 Å². The van der Waals surface area contributed by atoms with Crippen LogP contribution in [0.2, 0.25) is 0 Å². The molecule has 6 heteroatoms. The Morgan fingerprint density at radius 1 is 1.21 bits per heavy atom. The van der Waals surface area contributed by atoms with Crippen LogP contribution in [0.1, 0.15) is 11.3 Å². The van der Waals surface area contributed by atoms with Gasteiger partial charge in [-0.2, -0.15) is 13.2 Å². The van der Waals surface area contributed by atoms with E-state index >= 15 is 0 Å². The van der Waals surface area contributed by atoms with Gasteiger partial charge in [0.15, 0.2) is 0 Å². The van der Waals surface area contributed by atoms with E-state index in [1.54, 1.807) is 16.8 Å². The lowest BCUT2D eigenvalue weighted by Crippen LogP contribution is -2.28. The summed E-state index contributed by atoms with van der Waals surface area (Å²) in [6.45, 7) is 1.18. The molecule has 2 rings (SSSR count). The molecule has 2 nitrogen and oxygen atoms in total. The summed E-state index contributed by atoms with van der Waals surface area (Å²) in [7, 11) is 0. The van der Waals surface area contributed by atoms with Crippen molar-refractivity contribution in [3.63, 3.8) is 0 Å². The maximum atomic E-state index is 12.0. The smallest absolute Gasteiger partial charge is 0.305 e. The molecule has 0 radical (unpaired) electrons. The molecule has 1 N–H and O–H groups in total. The van der Waals surface area contributed by atoms with E-state index in [4.69, 9.17) is 0 Å². The third-order valence-corrected chi connectivity index (χ3v) is 3.59. The summed E-state index contributed by atoms with van der Waals surface area (Å²) < 4.78 is 36.0. The lowest BCUT2D eigenvalue weighted by atomic mass is 10.1. The Kier molecular flexibility index (Phi) is 4.21. The van der Waals surface area contributed by atoms with Gasteiger partial charge >= 0.3 is 6.18 Å². The monoisotopic (exact) mass is 286 g/mol. The van der Waals surface area contributed by atoms with E-state index in [1.165, 1.54) is 0 Å². The van der Waals surface area contributed by atoms with Gasteiger partial charge < -0.3 is 5.32 Å². The summed E-state index contributed by atoms with van der Waals surface area (Å²) in [6, 6.07) is 7.48. The molecule has 0 aliphatic carbocycles. The molecule has 0 bridgehead atoms. The van der Waals surface area contributed by atoms with E-state index in [0.717, 1.165) is 21.7 Å². The zero-order chi connectivity index (χ0) is 13.9. The number of aryl methyl sites for hydroxylation is 1. The molecule has 0 spiro atoms. The van der Waals surface area contributed by atoms with Gasteiger partial charge in [-0.3, -0.25) is 0 Å². The van der Waals surface area contributed by atoms with Gasteiger partial charge in [0.25, 0.3) is 0 Å². The average molecular weight is 286 g/mol. The summed E-state index contributed by atoms with van der Waals surface area (Å²) >= 11 is 1.55. The molecule has 0 atom stereocenters. The highest BCUT2D eigenvalue weighted by Crippen LogP contribution is 2.27. The first kappa shape index (κ1) is 14.0. The van der Waals surface area contributed by atoms with E-state index in [1.807, 2.05) is 31.2 Å². The van der Waals surface area contributed by atoms with E-state index in [-0.39, 0.29) is 6.54 Å². The fraction of sp³-hybridized carbons (Fsp3) is 0.308. The molecular formula is C13H13F3N2S. The second-order valence-corrected chi connectivity index (χ2v) is 5.04. The average Bonchev–Trinajstić information content (AvgIpc) is 2.75. The highest BCUT2D eigenvalue weighted by molar-refractivity contribution is 7.13. The van der Waals surface area contributed by atoms with Gasteiger partial charge in [-0.25, -0.2) is 4.98 Å². The quantitative estimate of drug-likeness (QED) is 0.925. The molecule has 0 unspecified atom stereocenters. The molecular weight excluding hydrogens is 273 g/mol. The van der Waals surface area contributed by atoms with Gasteiger partial charge in [-0.05, 0) is 18.1 Å². The second kappa shape index (κ2) is 5.71. The lowest BCUT2D eigenvalue weighted by molar-refractivity contribution is -0.125. The minimum atomic E-state index is -4.17. The van der Waals surface area contributed by atoms with Gasteiger partial charge in [0.1, 0.15) is 0 Å². The van der Waals surface area contributed by atoms with Crippen LogP contribution in [-0.4, -0.2) is 17.7 Å².